The van der Waals surface area contributed by atoms with Crippen molar-refractivity contribution in [1.29, 1.82) is 0 Å². The van der Waals surface area contributed by atoms with Gasteiger partial charge in [-0.2, -0.15) is 0 Å². The maximum Gasteiger partial charge on any atom is 0.303 e. The highest BCUT2D eigenvalue weighted by Crippen LogP contribution is 2.39. The number of carbonyl (C=O) groups is 1. The van der Waals surface area contributed by atoms with E-state index in [0.29, 0.717) is 6.42 Å². The highest BCUT2D eigenvalue weighted by atomic mass is 32.2. The van der Waals surface area contributed by atoms with Crippen molar-refractivity contribution in [2.24, 2.45) is 0 Å². The van der Waals surface area contributed by atoms with Crippen molar-refractivity contribution in [3.8, 4) is 0 Å². The third-order valence-corrected chi connectivity index (χ3v) is 5.77. The zero-order chi connectivity index (χ0) is 13.9. The van der Waals surface area contributed by atoms with Crippen molar-refractivity contribution in [2.75, 3.05) is 5.75 Å². The largest absolute Gasteiger partial charge is 0.481 e. The van der Waals surface area contributed by atoms with Gasteiger partial charge in [-0.3, -0.25) is 4.79 Å². The number of rotatable bonds is 5. The molecule has 0 bridgehead atoms. The topological polar surface area (TPSA) is 63.1 Å². The Morgan fingerprint density at radius 2 is 2.20 bits per heavy atom. The van der Waals surface area contributed by atoms with E-state index in [1.165, 1.54) is 35.1 Å². The molecule has 0 unspecified atom stereocenters. The molecule has 0 radical (unpaired) electrons. The normalized spacial score (nSPS) is 14.4. The summed E-state index contributed by atoms with van der Waals surface area (Å²) in [6.45, 7) is 0. The van der Waals surface area contributed by atoms with Crippen LogP contribution >= 0.6 is 23.1 Å². The van der Waals surface area contributed by atoms with Gasteiger partial charge in [0, 0.05) is 22.4 Å². The van der Waals surface area contributed by atoms with E-state index >= 15 is 0 Å². The van der Waals surface area contributed by atoms with E-state index in [1.807, 2.05) is 0 Å². The van der Waals surface area contributed by atoms with Gasteiger partial charge in [-0.05, 0) is 37.7 Å². The molecule has 2 heterocycles. The van der Waals surface area contributed by atoms with Crippen molar-refractivity contribution in [3.63, 3.8) is 0 Å². The van der Waals surface area contributed by atoms with Crippen LogP contribution < -0.4 is 0 Å². The first-order chi connectivity index (χ1) is 9.75. The van der Waals surface area contributed by atoms with Crippen LogP contribution in [0.1, 0.15) is 36.1 Å². The molecule has 0 saturated heterocycles. The number of carboxylic acids is 1. The molecule has 1 aliphatic rings. The first-order valence-corrected chi connectivity index (χ1v) is 8.66. The summed E-state index contributed by atoms with van der Waals surface area (Å²) in [6, 6.07) is 0. The summed E-state index contributed by atoms with van der Waals surface area (Å²) in [5, 5.41) is 10.9. The minimum atomic E-state index is -0.730. The summed E-state index contributed by atoms with van der Waals surface area (Å²) in [5.41, 5.74) is 1.44. The standard InChI is InChI=1S/C14H16N2O2S2/c17-11(18)6-3-7-19-13-12-9-4-1-2-5-10(9)20-14(12)16-8-15-13/h8H,1-7H2,(H,17,18). The van der Waals surface area contributed by atoms with E-state index < -0.39 is 5.97 Å². The van der Waals surface area contributed by atoms with Crippen molar-refractivity contribution >= 4 is 39.3 Å². The number of hydrogen-bond acceptors (Lipinski definition) is 5. The van der Waals surface area contributed by atoms with Gasteiger partial charge < -0.3 is 5.11 Å². The molecule has 2 aromatic heterocycles. The number of hydrogen-bond donors (Lipinski definition) is 1. The number of nitrogens with zero attached hydrogens (tertiary/aromatic N) is 2. The molecule has 0 aromatic carbocycles. The molecule has 0 atom stereocenters. The minimum absolute atomic E-state index is 0.225. The smallest absolute Gasteiger partial charge is 0.303 e. The molecule has 0 aliphatic heterocycles. The molecule has 1 aliphatic carbocycles. The number of thioether (sulfide) groups is 1. The summed E-state index contributed by atoms with van der Waals surface area (Å²) in [5.74, 6) is 0.0644. The van der Waals surface area contributed by atoms with Crippen LogP contribution in [0.2, 0.25) is 0 Å². The average Bonchev–Trinajstić information content (AvgIpc) is 2.82. The van der Waals surface area contributed by atoms with Crippen LogP contribution in [0, 0.1) is 0 Å². The van der Waals surface area contributed by atoms with Crippen LogP contribution in [0.5, 0.6) is 0 Å². The lowest BCUT2D eigenvalue weighted by Crippen LogP contribution is -1.99. The number of thiophene rings is 1. The predicted octanol–water partition coefficient (Wildman–Crippen LogP) is 3.53. The van der Waals surface area contributed by atoms with Gasteiger partial charge in [0.05, 0.1) is 0 Å². The number of aliphatic carboxylic acids is 1. The first-order valence-electron chi connectivity index (χ1n) is 6.85. The lowest BCUT2D eigenvalue weighted by atomic mass is 9.97. The predicted molar refractivity (Wildman–Crippen MR) is 81.7 cm³/mol. The van der Waals surface area contributed by atoms with E-state index in [2.05, 4.69) is 9.97 Å². The van der Waals surface area contributed by atoms with Crippen LogP contribution in [0.15, 0.2) is 11.4 Å². The number of fused-ring (bicyclic) bond motifs is 3. The molecule has 0 saturated carbocycles. The molecule has 3 rings (SSSR count). The zero-order valence-electron chi connectivity index (χ0n) is 11.1. The fraction of sp³-hybridized carbons (Fsp3) is 0.500. The third kappa shape index (κ3) is 2.81. The Morgan fingerprint density at radius 3 is 3.05 bits per heavy atom. The molecule has 2 aromatic rings. The molecular weight excluding hydrogens is 292 g/mol. The molecule has 0 spiro atoms. The van der Waals surface area contributed by atoms with Crippen molar-refractivity contribution < 1.29 is 9.90 Å². The fourth-order valence-electron chi connectivity index (χ4n) is 2.56. The molecular formula is C14H16N2O2S2. The minimum Gasteiger partial charge on any atom is -0.481 e. The summed E-state index contributed by atoms with van der Waals surface area (Å²) in [4.78, 5) is 21.9. The quantitative estimate of drug-likeness (QED) is 0.520. The lowest BCUT2D eigenvalue weighted by molar-refractivity contribution is -0.137. The Morgan fingerprint density at radius 1 is 1.35 bits per heavy atom. The fourth-order valence-corrected chi connectivity index (χ4v) is 4.82. The van der Waals surface area contributed by atoms with Gasteiger partial charge in [-0.15, -0.1) is 23.1 Å². The van der Waals surface area contributed by atoms with Crippen LogP contribution in [-0.4, -0.2) is 26.8 Å². The highest BCUT2D eigenvalue weighted by Gasteiger charge is 2.19. The Bertz CT molecular complexity index is 639. The third-order valence-electron chi connectivity index (χ3n) is 3.49. The molecule has 6 heteroatoms. The number of aromatic nitrogens is 2. The summed E-state index contributed by atoms with van der Waals surface area (Å²) >= 11 is 3.46. The van der Waals surface area contributed by atoms with E-state index in [-0.39, 0.29) is 6.42 Å². The van der Waals surface area contributed by atoms with Crippen molar-refractivity contribution in [1.82, 2.24) is 9.97 Å². The van der Waals surface area contributed by atoms with Gasteiger partial charge in [0.25, 0.3) is 0 Å². The van der Waals surface area contributed by atoms with E-state index in [0.717, 1.165) is 22.0 Å². The molecule has 4 nitrogen and oxygen atoms in total. The molecule has 0 amide bonds. The second-order valence-electron chi connectivity index (χ2n) is 4.92. The van der Waals surface area contributed by atoms with Gasteiger partial charge in [-0.25, -0.2) is 9.97 Å². The van der Waals surface area contributed by atoms with Crippen LogP contribution in [-0.2, 0) is 17.6 Å². The van der Waals surface area contributed by atoms with Crippen molar-refractivity contribution in [2.45, 2.75) is 43.6 Å². The van der Waals surface area contributed by atoms with Gasteiger partial charge in [0.15, 0.2) is 0 Å². The van der Waals surface area contributed by atoms with Crippen LogP contribution in [0.4, 0.5) is 0 Å². The first kappa shape index (κ1) is 13.8. The lowest BCUT2D eigenvalue weighted by Gasteiger charge is -2.11. The van der Waals surface area contributed by atoms with Crippen LogP contribution in [0.3, 0.4) is 0 Å². The van der Waals surface area contributed by atoms with E-state index in [4.69, 9.17) is 5.11 Å². The number of carboxylic acid groups (broad SMARTS) is 1. The highest BCUT2D eigenvalue weighted by molar-refractivity contribution is 7.99. The summed E-state index contributed by atoms with van der Waals surface area (Å²) < 4.78 is 0. The SMILES string of the molecule is O=C(O)CCCSc1ncnc2sc3c(c12)CCCC3. The summed E-state index contributed by atoms with van der Waals surface area (Å²) in [6.07, 6.45) is 7.35. The Hall–Kier alpha value is -1.14. The molecule has 1 N–H and O–H groups in total. The van der Waals surface area contributed by atoms with Crippen molar-refractivity contribution in [3.05, 3.63) is 16.8 Å². The van der Waals surface area contributed by atoms with E-state index in [1.54, 1.807) is 29.4 Å². The Labute approximate surface area is 125 Å². The zero-order valence-corrected chi connectivity index (χ0v) is 12.7. The summed E-state index contributed by atoms with van der Waals surface area (Å²) in [7, 11) is 0. The van der Waals surface area contributed by atoms with Crippen LogP contribution in [0.25, 0.3) is 10.2 Å². The maximum atomic E-state index is 10.5. The Kier molecular flexibility index (Phi) is 4.21. The van der Waals surface area contributed by atoms with E-state index in [9.17, 15) is 4.79 Å². The monoisotopic (exact) mass is 308 g/mol. The molecule has 20 heavy (non-hydrogen) atoms. The van der Waals surface area contributed by atoms with Gasteiger partial charge in [-0.1, -0.05) is 0 Å². The van der Waals surface area contributed by atoms with Gasteiger partial charge in [0.2, 0.25) is 0 Å². The molecule has 0 fully saturated rings. The second kappa shape index (κ2) is 6.10. The average molecular weight is 308 g/mol. The maximum absolute atomic E-state index is 10.5. The number of aryl methyl sites for hydroxylation is 2. The second-order valence-corrected chi connectivity index (χ2v) is 7.08. The van der Waals surface area contributed by atoms with Gasteiger partial charge in [0.1, 0.15) is 16.2 Å². The Balaban J connectivity index is 1.83. The molecule has 106 valence electrons. The van der Waals surface area contributed by atoms with Gasteiger partial charge >= 0.3 is 5.97 Å².